The van der Waals surface area contributed by atoms with Crippen LogP contribution in [0.3, 0.4) is 0 Å². The minimum absolute atomic E-state index is 0.0332. The predicted octanol–water partition coefficient (Wildman–Crippen LogP) is 5.10. The number of aryl methyl sites for hydroxylation is 1. The molecule has 8 nitrogen and oxygen atoms in total. The third-order valence-corrected chi connectivity index (χ3v) is 7.53. The van der Waals surface area contributed by atoms with Crippen molar-refractivity contribution in [3.63, 3.8) is 0 Å². The second-order valence-electron chi connectivity index (χ2n) is 9.06. The maximum atomic E-state index is 13.1. The van der Waals surface area contributed by atoms with Crippen molar-refractivity contribution in [1.82, 2.24) is 24.7 Å². The highest BCUT2D eigenvalue weighted by Crippen LogP contribution is 2.31. The number of imidazole rings is 1. The fraction of sp³-hybridized carbons (Fsp3) is 0.222. The minimum Gasteiger partial charge on any atom is -0.354 e. The Hall–Kier alpha value is -4.11. The molecule has 3 aromatic heterocycles. The zero-order valence-corrected chi connectivity index (χ0v) is 20.7. The molecule has 1 unspecified atom stereocenters. The molecule has 1 aliphatic rings. The van der Waals surface area contributed by atoms with Crippen LogP contribution in [-0.2, 0) is 4.79 Å². The lowest BCUT2D eigenvalue weighted by atomic mass is 9.97. The quantitative estimate of drug-likeness (QED) is 0.365. The number of hydrogen-bond acceptors (Lipinski definition) is 7. The number of piperidine rings is 1. The Morgan fingerprint density at radius 3 is 2.67 bits per heavy atom. The molecule has 36 heavy (non-hydrogen) atoms. The standard InChI is InChI=1S/C27H25N7OS/c1-18-4-9-22-23(15-18)36-27(30-22)19-5-7-21(8-6-19)29-26(35)20-3-2-13-33(16-20)24-10-11-25(32-31-24)34-14-12-28-17-34/h4-12,14-15,17,20H,2-3,13,16H2,1H3,(H,29,35). The van der Waals surface area contributed by atoms with Crippen LogP contribution in [-0.4, -0.2) is 43.7 Å². The van der Waals surface area contributed by atoms with Crippen molar-refractivity contribution in [3.05, 3.63) is 78.9 Å². The first-order valence-corrected chi connectivity index (χ1v) is 12.8. The number of fused-ring (bicyclic) bond motifs is 1. The molecule has 180 valence electrons. The normalized spacial score (nSPS) is 15.8. The molecule has 5 aromatic rings. The zero-order valence-electron chi connectivity index (χ0n) is 19.8. The van der Waals surface area contributed by atoms with Crippen molar-refractivity contribution in [2.75, 3.05) is 23.3 Å². The minimum atomic E-state index is -0.110. The number of nitrogens with zero attached hydrogens (tertiary/aromatic N) is 6. The average molecular weight is 496 g/mol. The fourth-order valence-electron chi connectivity index (χ4n) is 4.51. The molecule has 0 aliphatic carbocycles. The monoisotopic (exact) mass is 495 g/mol. The molecular weight excluding hydrogens is 470 g/mol. The van der Waals surface area contributed by atoms with Crippen LogP contribution in [0.4, 0.5) is 11.5 Å². The van der Waals surface area contributed by atoms with E-state index in [1.54, 1.807) is 23.9 Å². The molecule has 1 N–H and O–H groups in total. The van der Waals surface area contributed by atoms with E-state index >= 15 is 0 Å². The van der Waals surface area contributed by atoms with Crippen LogP contribution >= 0.6 is 11.3 Å². The van der Waals surface area contributed by atoms with Gasteiger partial charge in [0.15, 0.2) is 11.6 Å². The van der Waals surface area contributed by atoms with E-state index in [2.05, 4.69) is 50.5 Å². The maximum Gasteiger partial charge on any atom is 0.229 e. The van der Waals surface area contributed by atoms with Gasteiger partial charge in [-0.2, -0.15) is 0 Å². The van der Waals surface area contributed by atoms with Gasteiger partial charge in [-0.05, 0) is 73.9 Å². The Balaban J connectivity index is 1.10. The van der Waals surface area contributed by atoms with Gasteiger partial charge in [0.1, 0.15) is 11.3 Å². The molecular formula is C27H25N7OS. The van der Waals surface area contributed by atoms with Crippen LogP contribution in [0.25, 0.3) is 26.6 Å². The summed E-state index contributed by atoms with van der Waals surface area (Å²) in [5.41, 5.74) is 4.09. The smallest absolute Gasteiger partial charge is 0.229 e. The molecule has 1 aliphatic heterocycles. The van der Waals surface area contributed by atoms with Crippen LogP contribution in [0.2, 0.25) is 0 Å². The van der Waals surface area contributed by atoms with Gasteiger partial charge in [0.05, 0.1) is 16.1 Å². The van der Waals surface area contributed by atoms with Crippen molar-refractivity contribution in [2.45, 2.75) is 19.8 Å². The summed E-state index contributed by atoms with van der Waals surface area (Å²) in [5, 5.41) is 12.8. The van der Waals surface area contributed by atoms with Gasteiger partial charge in [0.2, 0.25) is 5.91 Å². The molecule has 0 saturated carbocycles. The van der Waals surface area contributed by atoms with Crippen molar-refractivity contribution >= 4 is 39.0 Å². The first-order chi connectivity index (χ1) is 17.6. The number of carbonyl (C=O) groups is 1. The lowest BCUT2D eigenvalue weighted by Crippen LogP contribution is -2.41. The van der Waals surface area contributed by atoms with Gasteiger partial charge in [-0.15, -0.1) is 21.5 Å². The first kappa shape index (κ1) is 22.4. The molecule has 4 heterocycles. The van der Waals surface area contributed by atoms with E-state index in [-0.39, 0.29) is 11.8 Å². The number of benzene rings is 2. The molecule has 6 rings (SSSR count). The van der Waals surface area contributed by atoms with E-state index < -0.39 is 0 Å². The van der Waals surface area contributed by atoms with E-state index in [0.29, 0.717) is 12.4 Å². The molecule has 9 heteroatoms. The summed E-state index contributed by atoms with van der Waals surface area (Å²) < 4.78 is 3.00. The molecule has 1 atom stereocenters. The number of anilines is 2. The van der Waals surface area contributed by atoms with E-state index in [9.17, 15) is 4.79 Å². The van der Waals surface area contributed by atoms with Crippen molar-refractivity contribution < 1.29 is 4.79 Å². The summed E-state index contributed by atoms with van der Waals surface area (Å²) >= 11 is 1.69. The van der Waals surface area contributed by atoms with Crippen LogP contribution < -0.4 is 10.2 Å². The van der Waals surface area contributed by atoms with Gasteiger partial charge in [-0.1, -0.05) is 6.07 Å². The number of rotatable bonds is 5. The van der Waals surface area contributed by atoms with E-state index in [1.165, 1.54) is 10.3 Å². The van der Waals surface area contributed by atoms with Gasteiger partial charge >= 0.3 is 0 Å². The molecule has 0 radical (unpaired) electrons. The molecule has 1 amide bonds. The third kappa shape index (κ3) is 4.57. The largest absolute Gasteiger partial charge is 0.354 e. The number of amides is 1. The summed E-state index contributed by atoms with van der Waals surface area (Å²) in [4.78, 5) is 24.0. The van der Waals surface area contributed by atoms with Gasteiger partial charge < -0.3 is 10.2 Å². The lowest BCUT2D eigenvalue weighted by molar-refractivity contribution is -0.120. The predicted molar refractivity (Wildman–Crippen MR) is 143 cm³/mol. The number of thiazole rings is 1. The van der Waals surface area contributed by atoms with Crippen LogP contribution in [0.15, 0.2) is 73.3 Å². The van der Waals surface area contributed by atoms with Crippen LogP contribution in [0, 0.1) is 12.8 Å². The topological polar surface area (TPSA) is 88.8 Å². The molecule has 1 fully saturated rings. The Morgan fingerprint density at radius 1 is 1.06 bits per heavy atom. The summed E-state index contributed by atoms with van der Waals surface area (Å²) in [6, 6.07) is 18.1. The fourth-order valence-corrected chi connectivity index (χ4v) is 5.58. The van der Waals surface area contributed by atoms with Crippen LogP contribution in [0.5, 0.6) is 0 Å². The number of nitrogens with one attached hydrogen (secondary N) is 1. The van der Waals surface area contributed by atoms with Gasteiger partial charge in [-0.3, -0.25) is 9.36 Å². The second kappa shape index (κ2) is 9.50. The summed E-state index contributed by atoms with van der Waals surface area (Å²) in [6.45, 7) is 3.57. The highest BCUT2D eigenvalue weighted by molar-refractivity contribution is 7.21. The molecule has 1 saturated heterocycles. The summed E-state index contributed by atoms with van der Waals surface area (Å²) in [6.07, 6.45) is 7.01. The maximum absolute atomic E-state index is 13.1. The highest BCUT2D eigenvalue weighted by Gasteiger charge is 2.27. The van der Waals surface area contributed by atoms with Crippen molar-refractivity contribution in [2.24, 2.45) is 5.92 Å². The number of carbonyl (C=O) groups excluding carboxylic acids is 1. The zero-order chi connectivity index (χ0) is 24.5. The van der Waals surface area contributed by atoms with Crippen molar-refractivity contribution in [3.8, 4) is 16.4 Å². The summed E-state index contributed by atoms with van der Waals surface area (Å²) in [5.74, 6) is 1.42. The van der Waals surface area contributed by atoms with E-state index in [0.717, 1.165) is 47.0 Å². The second-order valence-corrected chi connectivity index (χ2v) is 10.1. The summed E-state index contributed by atoms with van der Waals surface area (Å²) in [7, 11) is 0. The third-order valence-electron chi connectivity index (χ3n) is 6.46. The van der Waals surface area contributed by atoms with Gasteiger partial charge in [-0.25, -0.2) is 9.97 Å². The van der Waals surface area contributed by atoms with E-state index in [4.69, 9.17) is 4.98 Å². The average Bonchev–Trinajstić information content (AvgIpc) is 3.60. The Bertz CT molecular complexity index is 1490. The Morgan fingerprint density at radius 2 is 1.89 bits per heavy atom. The Labute approximate surface area is 212 Å². The highest BCUT2D eigenvalue weighted by atomic mass is 32.1. The number of aromatic nitrogens is 5. The molecule has 0 bridgehead atoms. The van der Waals surface area contributed by atoms with E-state index in [1.807, 2.05) is 47.2 Å². The molecule has 2 aromatic carbocycles. The van der Waals surface area contributed by atoms with Gasteiger partial charge in [0.25, 0.3) is 0 Å². The SMILES string of the molecule is Cc1ccc2nc(-c3ccc(NC(=O)C4CCCN(c5ccc(-n6ccnc6)nn5)C4)cc3)sc2c1. The van der Waals surface area contributed by atoms with Crippen molar-refractivity contribution in [1.29, 1.82) is 0 Å². The van der Waals surface area contributed by atoms with Gasteiger partial charge in [0, 0.05) is 36.7 Å². The lowest BCUT2D eigenvalue weighted by Gasteiger charge is -2.32. The first-order valence-electron chi connectivity index (χ1n) is 12.0. The van der Waals surface area contributed by atoms with Crippen LogP contribution in [0.1, 0.15) is 18.4 Å². The number of hydrogen-bond donors (Lipinski definition) is 1. The molecule has 0 spiro atoms. The Kier molecular flexibility index (Phi) is 5.90.